The van der Waals surface area contributed by atoms with Crippen molar-refractivity contribution in [1.29, 1.82) is 0 Å². The fourth-order valence-electron chi connectivity index (χ4n) is 4.27. The highest BCUT2D eigenvalue weighted by molar-refractivity contribution is 7.92. The van der Waals surface area contributed by atoms with E-state index in [1.165, 1.54) is 4.31 Å². The molecule has 31 heavy (non-hydrogen) atoms. The number of nitrogens with zero attached hydrogens (tertiary/aromatic N) is 1. The zero-order valence-corrected chi connectivity index (χ0v) is 20.1. The van der Waals surface area contributed by atoms with E-state index < -0.39 is 21.7 Å². The SMILES string of the molecule is Cc1cc(C)cc(N([C@@H](C)C(=O)N[C@H]2CC(C)(C)Oc3cc(C)ccc32)S(C)(=O)=O)c1. The molecule has 7 heteroatoms. The first-order chi connectivity index (χ1) is 14.3. The van der Waals surface area contributed by atoms with Crippen LogP contribution in [-0.2, 0) is 14.8 Å². The van der Waals surface area contributed by atoms with E-state index in [-0.39, 0.29) is 11.9 Å². The van der Waals surface area contributed by atoms with Crippen LogP contribution in [0.4, 0.5) is 5.69 Å². The van der Waals surface area contributed by atoms with Gasteiger partial charge in [0.25, 0.3) is 0 Å². The first-order valence-electron chi connectivity index (χ1n) is 10.4. The van der Waals surface area contributed by atoms with E-state index in [2.05, 4.69) is 5.32 Å². The lowest BCUT2D eigenvalue weighted by atomic mass is 9.89. The Morgan fingerprint density at radius 2 is 1.71 bits per heavy atom. The molecule has 0 aliphatic carbocycles. The predicted octanol–water partition coefficient (Wildman–Crippen LogP) is 4.18. The number of rotatable bonds is 5. The molecule has 0 saturated carbocycles. The van der Waals surface area contributed by atoms with Crippen LogP contribution in [0, 0.1) is 20.8 Å². The van der Waals surface area contributed by atoms with Gasteiger partial charge in [-0.3, -0.25) is 9.10 Å². The summed E-state index contributed by atoms with van der Waals surface area (Å²) in [5.74, 6) is 0.405. The number of hydrogen-bond acceptors (Lipinski definition) is 4. The lowest BCUT2D eigenvalue weighted by Gasteiger charge is -2.39. The average Bonchev–Trinajstić information content (AvgIpc) is 2.58. The molecule has 2 aromatic carbocycles. The number of aryl methyl sites for hydroxylation is 3. The van der Waals surface area contributed by atoms with Crippen molar-refractivity contribution in [1.82, 2.24) is 5.32 Å². The first kappa shape index (κ1) is 23.1. The molecular weight excluding hydrogens is 412 g/mol. The molecule has 0 unspecified atom stereocenters. The Kier molecular flexibility index (Phi) is 6.11. The number of carbonyl (C=O) groups is 1. The van der Waals surface area contributed by atoms with Gasteiger partial charge in [-0.1, -0.05) is 18.2 Å². The number of ether oxygens (including phenoxy) is 1. The van der Waals surface area contributed by atoms with Gasteiger partial charge in [0.2, 0.25) is 15.9 Å². The van der Waals surface area contributed by atoms with Crippen LogP contribution < -0.4 is 14.4 Å². The maximum absolute atomic E-state index is 13.3. The second-order valence-corrected chi connectivity index (χ2v) is 11.1. The molecule has 1 aliphatic heterocycles. The van der Waals surface area contributed by atoms with Crippen molar-refractivity contribution in [3.63, 3.8) is 0 Å². The third kappa shape index (κ3) is 5.21. The Morgan fingerprint density at radius 3 is 2.29 bits per heavy atom. The van der Waals surface area contributed by atoms with Crippen LogP contribution in [0.2, 0.25) is 0 Å². The number of amides is 1. The number of benzene rings is 2. The summed E-state index contributed by atoms with van der Waals surface area (Å²) in [6.07, 6.45) is 1.72. The van der Waals surface area contributed by atoms with E-state index in [1.807, 2.05) is 58.9 Å². The highest BCUT2D eigenvalue weighted by Gasteiger charge is 2.37. The minimum atomic E-state index is -3.68. The molecule has 168 valence electrons. The fraction of sp³-hybridized carbons (Fsp3) is 0.458. The minimum absolute atomic E-state index is 0.269. The van der Waals surface area contributed by atoms with E-state index >= 15 is 0 Å². The second kappa shape index (κ2) is 8.19. The Bertz CT molecular complexity index is 1090. The summed E-state index contributed by atoms with van der Waals surface area (Å²) in [4.78, 5) is 13.3. The van der Waals surface area contributed by atoms with Gasteiger partial charge in [-0.15, -0.1) is 0 Å². The zero-order chi connectivity index (χ0) is 23.1. The number of fused-ring (bicyclic) bond motifs is 1. The zero-order valence-electron chi connectivity index (χ0n) is 19.3. The summed E-state index contributed by atoms with van der Waals surface area (Å²) < 4.78 is 32.6. The van der Waals surface area contributed by atoms with Crippen molar-refractivity contribution >= 4 is 21.6 Å². The van der Waals surface area contributed by atoms with Gasteiger partial charge in [0, 0.05) is 12.0 Å². The van der Waals surface area contributed by atoms with Crippen molar-refractivity contribution in [2.24, 2.45) is 0 Å². The van der Waals surface area contributed by atoms with Crippen LogP contribution in [0.5, 0.6) is 5.75 Å². The van der Waals surface area contributed by atoms with Crippen LogP contribution in [0.3, 0.4) is 0 Å². The lowest BCUT2D eigenvalue weighted by molar-refractivity contribution is -0.123. The third-order valence-electron chi connectivity index (χ3n) is 5.49. The Labute approximate surface area is 185 Å². The molecule has 0 saturated heterocycles. The topological polar surface area (TPSA) is 75.7 Å². The molecule has 0 fully saturated rings. The molecule has 0 spiro atoms. The minimum Gasteiger partial charge on any atom is -0.487 e. The van der Waals surface area contributed by atoms with Gasteiger partial charge < -0.3 is 10.1 Å². The summed E-state index contributed by atoms with van der Waals surface area (Å²) in [6, 6.07) is 10.3. The summed E-state index contributed by atoms with van der Waals surface area (Å²) >= 11 is 0. The molecule has 1 aliphatic rings. The summed E-state index contributed by atoms with van der Waals surface area (Å²) in [5, 5.41) is 3.08. The molecule has 0 aromatic heterocycles. The maximum Gasteiger partial charge on any atom is 0.244 e. The lowest BCUT2D eigenvalue weighted by Crippen LogP contribution is -2.50. The molecule has 2 aromatic rings. The number of nitrogens with one attached hydrogen (secondary N) is 1. The highest BCUT2D eigenvalue weighted by atomic mass is 32.2. The molecule has 0 radical (unpaired) electrons. The van der Waals surface area contributed by atoms with Gasteiger partial charge in [-0.05, 0) is 76.4 Å². The number of hydrogen-bond donors (Lipinski definition) is 1. The monoisotopic (exact) mass is 444 g/mol. The van der Waals surface area contributed by atoms with Crippen molar-refractivity contribution in [2.45, 2.75) is 65.6 Å². The molecule has 1 amide bonds. The Balaban J connectivity index is 1.93. The Morgan fingerprint density at radius 1 is 1.10 bits per heavy atom. The van der Waals surface area contributed by atoms with Gasteiger partial charge in [0.1, 0.15) is 17.4 Å². The second-order valence-electron chi connectivity index (χ2n) is 9.25. The summed E-state index contributed by atoms with van der Waals surface area (Å²) in [5.41, 5.74) is 3.90. The van der Waals surface area contributed by atoms with E-state index in [1.54, 1.807) is 19.1 Å². The molecular formula is C24H32N2O4S. The van der Waals surface area contributed by atoms with Crippen molar-refractivity contribution in [2.75, 3.05) is 10.6 Å². The highest BCUT2D eigenvalue weighted by Crippen LogP contribution is 2.40. The average molecular weight is 445 g/mol. The van der Waals surface area contributed by atoms with Crippen LogP contribution in [0.1, 0.15) is 55.5 Å². The molecule has 2 atom stereocenters. The largest absolute Gasteiger partial charge is 0.487 e. The quantitative estimate of drug-likeness (QED) is 0.750. The van der Waals surface area contributed by atoms with Gasteiger partial charge in [-0.2, -0.15) is 0 Å². The summed E-state index contributed by atoms with van der Waals surface area (Å²) in [7, 11) is -3.68. The smallest absolute Gasteiger partial charge is 0.244 e. The standard InChI is InChI=1S/C24H32N2O4S/c1-15-8-9-20-21(14-24(5,6)30-22(20)13-15)25-23(27)18(4)26(31(7,28)29)19-11-16(2)10-17(3)12-19/h8-13,18,21H,14H2,1-7H3,(H,25,27)/t18-,21-/m0/s1. The molecule has 0 bridgehead atoms. The van der Waals surface area contributed by atoms with Crippen molar-refractivity contribution in [3.05, 3.63) is 58.7 Å². The molecule has 6 nitrogen and oxygen atoms in total. The first-order valence-corrected chi connectivity index (χ1v) is 12.3. The van der Waals surface area contributed by atoms with E-state index in [9.17, 15) is 13.2 Å². The number of anilines is 1. The number of carbonyl (C=O) groups excluding carboxylic acids is 1. The van der Waals surface area contributed by atoms with Crippen LogP contribution in [0.15, 0.2) is 36.4 Å². The molecule has 1 heterocycles. The molecule has 1 N–H and O–H groups in total. The van der Waals surface area contributed by atoms with E-state index in [4.69, 9.17) is 4.74 Å². The van der Waals surface area contributed by atoms with E-state index in [0.717, 1.165) is 34.3 Å². The predicted molar refractivity (Wildman–Crippen MR) is 124 cm³/mol. The van der Waals surface area contributed by atoms with Gasteiger partial charge >= 0.3 is 0 Å². The van der Waals surface area contributed by atoms with E-state index in [0.29, 0.717) is 12.1 Å². The third-order valence-corrected chi connectivity index (χ3v) is 6.73. The van der Waals surface area contributed by atoms with Crippen molar-refractivity contribution in [3.8, 4) is 5.75 Å². The van der Waals surface area contributed by atoms with Gasteiger partial charge in [0.15, 0.2) is 0 Å². The van der Waals surface area contributed by atoms with Crippen LogP contribution >= 0.6 is 0 Å². The molecule has 3 rings (SSSR count). The van der Waals surface area contributed by atoms with Gasteiger partial charge in [0.05, 0.1) is 18.0 Å². The Hall–Kier alpha value is -2.54. The van der Waals surface area contributed by atoms with Crippen LogP contribution in [-0.4, -0.2) is 32.2 Å². The normalized spacial score (nSPS) is 18.5. The van der Waals surface area contributed by atoms with Gasteiger partial charge in [-0.25, -0.2) is 8.42 Å². The van der Waals surface area contributed by atoms with Crippen molar-refractivity contribution < 1.29 is 17.9 Å². The maximum atomic E-state index is 13.3. The fourth-order valence-corrected chi connectivity index (χ4v) is 5.43. The summed E-state index contributed by atoms with van der Waals surface area (Å²) in [6.45, 7) is 11.4. The number of sulfonamides is 1. The van der Waals surface area contributed by atoms with Crippen LogP contribution in [0.25, 0.3) is 0 Å².